The third-order valence-corrected chi connectivity index (χ3v) is 2.48. The van der Waals surface area contributed by atoms with Gasteiger partial charge >= 0.3 is 0 Å². The van der Waals surface area contributed by atoms with Crippen molar-refractivity contribution in [2.45, 2.75) is 6.92 Å². The smallest absolute Gasteiger partial charge is 0.249 e. The van der Waals surface area contributed by atoms with Gasteiger partial charge in [-0.1, -0.05) is 0 Å². The molecule has 5 heteroatoms. The van der Waals surface area contributed by atoms with Gasteiger partial charge in [-0.2, -0.15) is 5.10 Å². The average molecular weight is 267 g/mol. The lowest BCUT2D eigenvalue weighted by Gasteiger charge is -1.96. The van der Waals surface area contributed by atoms with Crippen LogP contribution in [0.1, 0.15) is 21.9 Å². The number of aromatic nitrogens is 2. The number of ketones is 1. The van der Waals surface area contributed by atoms with Gasteiger partial charge in [-0.3, -0.25) is 4.79 Å². The Morgan fingerprint density at radius 2 is 2.13 bits per heavy atom. The molecular formula is C10H7BrN2O2. The van der Waals surface area contributed by atoms with Crippen LogP contribution >= 0.6 is 15.9 Å². The summed E-state index contributed by atoms with van der Waals surface area (Å²) < 4.78 is 5.67. The second kappa shape index (κ2) is 3.94. The molecule has 2 aromatic rings. The molecule has 0 bridgehead atoms. The zero-order valence-corrected chi connectivity index (χ0v) is 9.48. The van der Waals surface area contributed by atoms with Gasteiger partial charge in [0, 0.05) is 0 Å². The van der Waals surface area contributed by atoms with Gasteiger partial charge in [0.05, 0.1) is 16.4 Å². The van der Waals surface area contributed by atoms with E-state index in [4.69, 9.17) is 4.42 Å². The Morgan fingerprint density at radius 1 is 1.33 bits per heavy atom. The molecule has 0 radical (unpaired) electrons. The first-order valence-electron chi connectivity index (χ1n) is 4.26. The Labute approximate surface area is 94.4 Å². The Kier molecular flexibility index (Phi) is 2.64. The van der Waals surface area contributed by atoms with E-state index >= 15 is 0 Å². The summed E-state index contributed by atoms with van der Waals surface area (Å²) in [6.07, 6.45) is 1.44. The summed E-state index contributed by atoms with van der Waals surface area (Å²) in [5.74, 6) is -0.0347. The van der Waals surface area contributed by atoms with Crippen LogP contribution in [-0.4, -0.2) is 16.0 Å². The van der Waals surface area contributed by atoms with Crippen LogP contribution in [0.3, 0.4) is 0 Å². The van der Waals surface area contributed by atoms with E-state index in [-0.39, 0.29) is 17.2 Å². The highest BCUT2D eigenvalue weighted by Crippen LogP contribution is 2.20. The van der Waals surface area contributed by atoms with Crippen molar-refractivity contribution < 1.29 is 9.21 Å². The predicted octanol–water partition coefficient (Wildman–Crippen LogP) is 2.37. The number of hydrogen-bond acceptors (Lipinski definition) is 4. The molecule has 0 aliphatic rings. The summed E-state index contributed by atoms with van der Waals surface area (Å²) in [6, 6.07) is 5.02. The molecule has 0 aliphatic heterocycles. The van der Waals surface area contributed by atoms with Gasteiger partial charge < -0.3 is 4.42 Å². The summed E-state index contributed by atoms with van der Waals surface area (Å²) in [6.45, 7) is 1.81. The van der Waals surface area contributed by atoms with Gasteiger partial charge in [0.2, 0.25) is 5.78 Å². The van der Waals surface area contributed by atoms with Crippen molar-refractivity contribution in [2.75, 3.05) is 0 Å². The fourth-order valence-electron chi connectivity index (χ4n) is 1.09. The number of furan rings is 1. The minimum atomic E-state index is -0.278. The highest BCUT2D eigenvalue weighted by Gasteiger charge is 2.17. The molecule has 0 aliphatic carbocycles. The zero-order valence-electron chi connectivity index (χ0n) is 7.90. The number of carbonyl (C=O) groups is 1. The first kappa shape index (κ1) is 10.0. The normalized spacial score (nSPS) is 10.3. The van der Waals surface area contributed by atoms with Crippen molar-refractivity contribution in [1.82, 2.24) is 10.2 Å². The fraction of sp³-hybridized carbons (Fsp3) is 0.100. The lowest BCUT2D eigenvalue weighted by Crippen LogP contribution is -2.05. The first-order valence-corrected chi connectivity index (χ1v) is 5.06. The minimum absolute atomic E-state index is 0.244. The van der Waals surface area contributed by atoms with E-state index in [2.05, 4.69) is 26.1 Å². The van der Waals surface area contributed by atoms with Crippen LogP contribution in [0.4, 0.5) is 0 Å². The molecule has 0 aromatic carbocycles. The number of halogens is 1. The quantitative estimate of drug-likeness (QED) is 0.784. The maximum Gasteiger partial charge on any atom is 0.249 e. The summed E-state index contributed by atoms with van der Waals surface area (Å²) in [5.41, 5.74) is 1.04. The van der Waals surface area contributed by atoms with Crippen LogP contribution in [0.2, 0.25) is 0 Å². The van der Waals surface area contributed by atoms with Crippen LogP contribution < -0.4 is 0 Å². The van der Waals surface area contributed by atoms with E-state index < -0.39 is 0 Å². The lowest BCUT2D eigenvalue weighted by atomic mass is 10.2. The minimum Gasteiger partial charge on any atom is -0.460 e. The molecule has 0 amide bonds. The highest BCUT2D eigenvalue weighted by atomic mass is 79.9. The summed E-state index contributed by atoms with van der Waals surface area (Å²) in [5, 5.41) is 7.61. The largest absolute Gasteiger partial charge is 0.460 e. The first-order chi connectivity index (χ1) is 7.18. The molecule has 0 fully saturated rings. The van der Waals surface area contributed by atoms with Crippen LogP contribution in [0.25, 0.3) is 0 Å². The van der Waals surface area contributed by atoms with E-state index in [0.29, 0.717) is 4.47 Å². The number of hydrogen-bond donors (Lipinski definition) is 0. The van der Waals surface area contributed by atoms with Gasteiger partial charge in [0.25, 0.3) is 0 Å². The van der Waals surface area contributed by atoms with Gasteiger partial charge in [0.1, 0.15) is 5.69 Å². The van der Waals surface area contributed by atoms with E-state index in [9.17, 15) is 4.79 Å². The Balaban J connectivity index is 2.37. The number of carbonyl (C=O) groups excluding carboxylic acids is 1. The summed E-state index contributed by atoms with van der Waals surface area (Å²) in [4.78, 5) is 11.8. The number of aryl methyl sites for hydroxylation is 1. The molecule has 0 atom stereocenters. The predicted molar refractivity (Wildman–Crippen MR) is 56.6 cm³/mol. The van der Waals surface area contributed by atoms with Gasteiger partial charge in [-0.15, -0.1) is 5.10 Å². The standard InChI is InChI=1S/C10H7BrN2O2/c1-6-2-3-8(13-12-6)9(14)10-7(11)4-5-15-10/h2-5H,1H3. The fourth-order valence-corrected chi connectivity index (χ4v) is 1.47. The molecule has 2 aromatic heterocycles. The van der Waals surface area contributed by atoms with Crippen molar-refractivity contribution in [3.63, 3.8) is 0 Å². The maximum absolute atomic E-state index is 11.8. The van der Waals surface area contributed by atoms with Crippen molar-refractivity contribution in [2.24, 2.45) is 0 Å². The molecular weight excluding hydrogens is 260 g/mol. The second-order valence-electron chi connectivity index (χ2n) is 2.99. The van der Waals surface area contributed by atoms with Gasteiger partial charge in [-0.05, 0) is 41.1 Å². The monoisotopic (exact) mass is 266 g/mol. The maximum atomic E-state index is 11.8. The zero-order chi connectivity index (χ0) is 10.8. The number of nitrogens with zero attached hydrogens (tertiary/aromatic N) is 2. The van der Waals surface area contributed by atoms with Crippen LogP contribution in [0, 0.1) is 6.92 Å². The van der Waals surface area contributed by atoms with Crippen LogP contribution in [0.15, 0.2) is 33.4 Å². The highest BCUT2D eigenvalue weighted by molar-refractivity contribution is 9.10. The molecule has 15 heavy (non-hydrogen) atoms. The van der Waals surface area contributed by atoms with Crippen LogP contribution in [-0.2, 0) is 0 Å². The third kappa shape index (κ3) is 1.97. The van der Waals surface area contributed by atoms with Crippen molar-refractivity contribution in [1.29, 1.82) is 0 Å². The van der Waals surface area contributed by atoms with Crippen molar-refractivity contribution in [3.05, 3.63) is 46.1 Å². The lowest BCUT2D eigenvalue weighted by molar-refractivity contribution is 0.100. The second-order valence-corrected chi connectivity index (χ2v) is 3.84. The summed E-state index contributed by atoms with van der Waals surface area (Å²) >= 11 is 3.22. The van der Waals surface area contributed by atoms with Crippen LogP contribution in [0.5, 0.6) is 0 Å². The molecule has 0 unspecified atom stereocenters. The molecule has 4 nitrogen and oxygen atoms in total. The molecule has 76 valence electrons. The molecule has 0 saturated heterocycles. The molecule has 0 saturated carbocycles. The summed E-state index contributed by atoms with van der Waals surface area (Å²) in [7, 11) is 0. The SMILES string of the molecule is Cc1ccc(C(=O)c2occc2Br)nn1. The van der Waals surface area contributed by atoms with E-state index in [0.717, 1.165) is 5.69 Å². The number of rotatable bonds is 2. The van der Waals surface area contributed by atoms with Gasteiger partial charge in [-0.25, -0.2) is 0 Å². The average Bonchev–Trinajstić information content (AvgIpc) is 2.65. The topological polar surface area (TPSA) is 56.0 Å². The Bertz CT molecular complexity index is 490. The Morgan fingerprint density at radius 3 is 2.67 bits per heavy atom. The molecule has 0 N–H and O–H groups in total. The van der Waals surface area contributed by atoms with Crippen molar-refractivity contribution in [3.8, 4) is 0 Å². The third-order valence-electron chi connectivity index (χ3n) is 1.85. The Hall–Kier alpha value is -1.49. The van der Waals surface area contributed by atoms with E-state index in [1.165, 1.54) is 6.26 Å². The molecule has 0 spiro atoms. The molecule has 2 heterocycles. The van der Waals surface area contributed by atoms with Crippen molar-refractivity contribution >= 4 is 21.7 Å². The van der Waals surface area contributed by atoms with E-state index in [1.807, 2.05) is 6.92 Å². The van der Waals surface area contributed by atoms with Gasteiger partial charge in [0.15, 0.2) is 5.76 Å². The molecule has 2 rings (SSSR count). The van der Waals surface area contributed by atoms with E-state index in [1.54, 1.807) is 18.2 Å².